The first-order chi connectivity index (χ1) is 8.80. The summed E-state index contributed by atoms with van der Waals surface area (Å²) >= 11 is 0. The second kappa shape index (κ2) is 7.09. The Labute approximate surface area is 117 Å². The van der Waals surface area contributed by atoms with Crippen LogP contribution in [0.25, 0.3) is 0 Å². The zero-order valence-corrected chi connectivity index (χ0v) is 12.7. The lowest BCUT2D eigenvalue weighted by atomic mass is 9.78. The standard InChI is InChI=1S/C16H28O3/c1-12(6-5-7-13(2)19-14(3)17)15-8-10-16(4,18)11-9-15/h8,10,12-13,15,18H,5-7,9,11H2,1-4H3. The molecular formula is C16H28O3. The van der Waals surface area contributed by atoms with Crippen LogP contribution in [0.4, 0.5) is 0 Å². The van der Waals surface area contributed by atoms with E-state index in [0.717, 1.165) is 32.1 Å². The molecule has 1 rings (SSSR count). The minimum absolute atomic E-state index is 0.0207. The third-order valence-corrected chi connectivity index (χ3v) is 4.05. The molecule has 0 aliphatic heterocycles. The van der Waals surface area contributed by atoms with Crippen LogP contribution in [0.1, 0.15) is 59.8 Å². The van der Waals surface area contributed by atoms with E-state index in [0.29, 0.717) is 11.8 Å². The lowest BCUT2D eigenvalue weighted by Crippen LogP contribution is -2.27. The van der Waals surface area contributed by atoms with Crippen molar-refractivity contribution in [1.29, 1.82) is 0 Å². The van der Waals surface area contributed by atoms with Gasteiger partial charge < -0.3 is 9.84 Å². The summed E-state index contributed by atoms with van der Waals surface area (Å²) in [5, 5.41) is 9.87. The summed E-state index contributed by atoms with van der Waals surface area (Å²) in [6, 6.07) is 0. The van der Waals surface area contributed by atoms with Crippen LogP contribution in [0, 0.1) is 11.8 Å². The molecule has 0 fully saturated rings. The largest absolute Gasteiger partial charge is 0.463 e. The maximum absolute atomic E-state index is 10.8. The van der Waals surface area contributed by atoms with E-state index in [2.05, 4.69) is 13.0 Å². The molecule has 0 saturated heterocycles. The fourth-order valence-corrected chi connectivity index (χ4v) is 2.73. The van der Waals surface area contributed by atoms with E-state index in [9.17, 15) is 9.90 Å². The third kappa shape index (κ3) is 6.24. The van der Waals surface area contributed by atoms with Gasteiger partial charge in [0.05, 0.1) is 11.7 Å². The normalized spacial score (nSPS) is 29.8. The molecule has 110 valence electrons. The predicted molar refractivity (Wildman–Crippen MR) is 76.7 cm³/mol. The van der Waals surface area contributed by atoms with Crippen molar-refractivity contribution in [2.24, 2.45) is 11.8 Å². The van der Waals surface area contributed by atoms with Crippen LogP contribution in [0.15, 0.2) is 12.2 Å². The highest BCUT2D eigenvalue weighted by Gasteiger charge is 2.26. The fourth-order valence-electron chi connectivity index (χ4n) is 2.73. The molecule has 3 nitrogen and oxygen atoms in total. The molecule has 0 aromatic carbocycles. The number of carbonyl (C=O) groups excluding carboxylic acids is 1. The van der Waals surface area contributed by atoms with Crippen LogP contribution in [0.3, 0.4) is 0 Å². The van der Waals surface area contributed by atoms with E-state index in [1.54, 1.807) is 0 Å². The number of hydrogen-bond acceptors (Lipinski definition) is 3. The van der Waals surface area contributed by atoms with E-state index in [4.69, 9.17) is 4.74 Å². The molecule has 0 heterocycles. The molecule has 0 saturated carbocycles. The molecule has 1 aliphatic rings. The lowest BCUT2D eigenvalue weighted by Gasteiger charge is -2.30. The molecule has 0 spiro atoms. The molecule has 0 amide bonds. The average Bonchev–Trinajstić information content (AvgIpc) is 2.27. The topological polar surface area (TPSA) is 46.5 Å². The molecule has 19 heavy (non-hydrogen) atoms. The Morgan fingerprint density at radius 1 is 1.47 bits per heavy atom. The van der Waals surface area contributed by atoms with E-state index < -0.39 is 5.60 Å². The second-order valence-electron chi connectivity index (χ2n) is 6.25. The molecule has 4 unspecified atom stereocenters. The smallest absolute Gasteiger partial charge is 0.302 e. The van der Waals surface area contributed by atoms with Crippen molar-refractivity contribution < 1.29 is 14.6 Å². The molecule has 1 N–H and O–H groups in total. The van der Waals surface area contributed by atoms with E-state index in [1.807, 2.05) is 19.9 Å². The van der Waals surface area contributed by atoms with Crippen molar-refractivity contribution in [1.82, 2.24) is 0 Å². The van der Waals surface area contributed by atoms with Crippen molar-refractivity contribution in [2.45, 2.75) is 71.5 Å². The summed E-state index contributed by atoms with van der Waals surface area (Å²) in [5.41, 5.74) is -0.611. The van der Waals surface area contributed by atoms with Crippen molar-refractivity contribution >= 4 is 5.97 Å². The Hall–Kier alpha value is -0.830. The Morgan fingerprint density at radius 2 is 2.16 bits per heavy atom. The minimum Gasteiger partial charge on any atom is -0.463 e. The molecule has 0 bridgehead atoms. The van der Waals surface area contributed by atoms with Crippen LogP contribution >= 0.6 is 0 Å². The molecule has 4 atom stereocenters. The second-order valence-corrected chi connectivity index (χ2v) is 6.25. The van der Waals surface area contributed by atoms with Gasteiger partial charge in [-0.2, -0.15) is 0 Å². The number of aliphatic hydroxyl groups is 1. The zero-order valence-electron chi connectivity index (χ0n) is 12.7. The van der Waals surface area contributed by atoms with Gasteiger partial charge in [-0.05, 0) is 51.4 Å². The Morgan fingerprint density at radius 3 is 2.68 bits per heavy atom. The van der Waals surface area contributed by atoms with Gasteiger partial charge in [0, 0.05) is 6.92 Å². The summed E-state index contributed by atoms with van der Waals surface area (Å²) in [7, 11) is 0. The maximum Gasteiger partial charge on any atom is 0.302 e. The number of rotatable bonds is 6. The Bertz CT molecular complexity index is 320. The molecule has 0 aromatic rings. The van der Waals surface area contributed by atoms with Crippen LogP contribution in [-0.4, -0.2) is 22.8 Å². The highest BCUT2D eigenvalue weighted by Crippen LogP contribution is 2.32. The van der Waals surface area contributed by atoms with Gasteiger partial charge in [-0.3, -0.25) is 4.79 Å². The van der Waals surface area contributed by atoms with Crippen LogP contribution in [0.5, 0.6) is 0 Å². The Balaban J connectivity index is 2.25. The van der Waals surface area contributed by atoms with Gasteiger partial charge in [-0.1, -0.05) is 25.5 Å². The summed E-state index contributed by atoms with van der Waals surface area (Å²) in [5.74, 6) is 0.999. The van der Waals surface area contributed by atoms with Crippen molar-refractivity contribution in [2.75, 3.05) is 0 Å². The first kappa shape index (κ1) is 16.2. The van der Waals surface area contributed by atoms with E-state index >= 15 is 0 Å². The van der Waals surface area contributed by atoms with Gasteiger partial charge in [0.2, 0.25) is 0 Å². The summed E-state index contributed by atoms with van der Waals surface area (Å²) in [4.78, 5) is 10.8. The van der Waals surface area contributed by atoms with E-state index in [-0.39, 0.29) is 12.1 Å². The summed E-state index contributed by atoms with van der Waals surface area (Å²) < 4.78 is 5.12. The molecule has 0 radical (unpaired) electrons. The molecule has 3 heteroatoms. The molecule has 1 aliphatic carbocycles. The maximum atomic E-state index is 10.8. The van der Waals surface area contributed by atoms with Crippen molar-refractivity contribution in [3.63, 3.8) is 0 Å². The van der Waals surface area contributed by atoms with Crippen LogP contribution < -0.4 is 0 Å². The van der Waals surface area contributed by atoms with Crippen molar-refractivity contribution in [3.05, 3.63) is 12.2 Å². The average molecular weight is 268 g/mol. The first-order valence-electron chi connectivity index (χ1n) is 7.39. The van der Waals surface area contributed by atoms with Gasteiger partial charge in [-0.25, -0.2) is 0 Å². The monoisotopic (exact) mass is 268 g/mol. The van der Waals surface area contributed by atoms with Gasteiger partial charge in [0.1, 0.15) is 0 Å². The van der Waals surface area contributed by atoms with Crippen molar-refractivity contribution in [3.8, 4) is 0 Å². The summed E-state index contributed by atoms with van der Waals surface area (Å²) in [6.45, 7) is 7.54. The van der Waals surface area contributed by atoms with Gasteiger partial charge in [0.25, 0.3) is 0 Å². The SMILES string of the molecule is CC(=O)OC(C)CCCC(C)C1C=CC(C)(O)CC1. The van der Waals surface area contributed by atoms with Crippen LogP contribution in [-0.2, 0) is 9.53 Å². The predicted octanol–water partition coefficient (Wildman–Crippen LogP) is 3.46. The highest BCUT2D eigenvalue weighted by molar-refractivity contribution is 5.66. The van der Waals surface area contributed by atoms with Crippen LogP contribution in [0.2, 0.25) is 0 Å². The third-order valence-electron chi connectivity index (χ3n) is 4.05. The van der Waals surface area contributed by atoms with Gasteiger partial charge in [-0.15, -0.1) is 0 Å². The highest BCUT2D eigenvalue weighted by atomic mass is 16.5. The number of carbonyl (C=O) groups is 1. The fraction of sp³-hybridized carbons (Fsp3) is 0.812. The molecule has 0 aromatic heterocycles. The minimum atomic E-state index is -0.611. The summed E-state index contributed by atoms with van der Waals surface area (Å²) in [6.07, 6.45) is 9.19. The van der Waals surface area contributed by atoms with Gasteiger partial charge in [0.15, 0.2) is 0 Å². The number of hydrogen-bond donors (Lipinski definition) is 1. The molecular weight excluding hydrogens is 240 g/mol. The zero-order chi connectivity index (χ0) is 14.5. The van der Waals surface area contributed by atoms with Gasteiger partial charge >= 0.3 is 5.97 Å². The Kier molecular flexibility index (Phi) is 6.05. The lowest BCUT2D eigenvalue weighted by molar-refractivity contribution is -0.145. The number of allylic oxidation sites excluding steroid dienone is 1. The number of esters is 1. The quantitative estimate of drug-likeness (QED) is 0.593. The number of ether oxygens (including phenoxy) is 1. The first-order valence-corrected chi connectivity index (χ1v) is 7.39. The van der Waals surface area contributed by atoms with E-state index in [1.165, 1.54) is 6.92 Å².